The maximum absolute atomic E-state index is 13.2. The lowest BCUT2D eigenvalue weighted by Crippen LogP contribution is -2.30. The van der Waals surface area contributed by atoms with Crippen molar-refractivity contribution >= 4 is 44.4 Å². The molecule has 0 spiro atoms. The zero-order valence-corrected chi connectivity index (χ0v) is 18.9. The molecule has 1 amide bonds. The summed E-state index contributed by atoms with van der Waals surface area (Å²) >= 11 is 3.29. The average Bonchev–Trinajstić information content (AvgIpc) is 3.24. The van der Waals surface area contributed by atoms with Gasteiger partial charge in [-0.1, -0.05) is 35.6 Å². The number of pyridine rings is 1. The molecule has 0 unspecified atom stereocenters. The Balaban J connectivity index is 1.49. The van der Waals surface area contributed by atoms with Crippen molar-refractivity contribution in [3.05, 3.63) is 78.6 Å². The van der Waals surface area contributed by atoms with Crippen LogP contribution in [0.25, 0.3) is 10.2 Å². The Labute approximate surface area is 190 Å². The van der Waals surface area contributed by atoms with Crippen molar-refractivity contribution in [1.82, 2.24) is 9.97 Å². The second kappa shape index (κ2) is 10.4. The van der Waals surface area contributed by atoms with Crippen LogP contribution in [0.4, 0.5) is 5.13 Å². The smallest absolute Gasteiger partial charge is 0.229 e. The van der Waals surface area contributed by atoms with Crippen LogP contribution < -0.4 is 9.64 Å². The lowest BCUT2D eigenvalue weighted by Gasteiger charge is -2.19. The van der Waals surface area contributed by atoms with E-state index in [1.807, 2.05) is 54.6 Å². The number of amides is 1. The Morgan fingerprint density at radius 1 is 1.10 bits per heavy atom. The third kappa shape index (κ3) is 5.62. The van der Waals surface area contributed by atoms with Crippen molar-refractivity contribution in [2.24, 2.45) is 0 Å². The van der Waals surface area contributed by atoms with Gasteiger partial charge in [-0.25, -0.2) is 4.98 Å². The van der Waals surface area contributed by atoms with E-state index in [0.717, 1.165) is 33.8 Å². The molecule has 0 aliphatic carbocycles. The van der Waals surface area contributed by atoms with Crippen LogP contribution in [0.1, 0.15) is 18.5 Å². The quantitative estimate of drug-likeness (QED) is 0.239. The number of benzene rings is 2. The molecule has 0 aliphatic rings. The first-order valence-electron chi connectivity index (χ1n) is 10.1. The number of thioether (sulfide) groups is 1. The number of anilines is 1. The highest BCUT2D eigenvalue weighted by Crippen LogP contribution is 2.32. The van der Waals surface area contributed by atoms with Gasteiger partial charge >= 0.3 is 0 Å². The minimum Gasteiger partial charge on any atom is -0.497 e. The average molecular weight is 450 g/mol. The summed E-state index contributed by atoms with van der Waals surface area (Å²) < 4.78 is 6.33. The van der Waals surface area contributed by atoms with E-state index in [2.05, 4.69) is 17.1 Å². The van der Waals surface area contributed by atoms with Gasteiger partial charge in [-0.05, 0) is 48.6 Å². The van der Waals surface area contributed by atoms with Gasteiger partial charge in [-0.15, -0.1) is 11.8 Å². The van der Waals surface area contributed by atoms with E-state index >= 15 is 0 Å². The molecule has 4 rings (SSSR count). The number of ether oxygens (including phenoxy) is 1. The van der Waals surface area contributed by atoms with E-state index in [0.29, 0.717) is 18.1 Å². The van der Waals surface area contributed by atoms with E-state index < -0.39 is 0 Å². The molecule has 0 saturated heterocycles. The molecular formula is C24H23N3O2S2. The van der Waals surface area contributed by atoms with Gasteiger partial charge in [0.05, 0.1) is 29.6 Å². The standard InChI is InChI=1S/C24H23N3O2S2/c1-29-19-12-13-22-21(16-19)26-24(31-22)27(17-18-8-5-6-14-25-18)23(28)11-7-15-30-20-9-3-2-4-10-20/h2-6,8-10,12-14,16H,7,11,15,17H2,1H3. The first-order valence-corrected chi connectivity index (χ1v) is 11.9. The molecule has 31 heavy (non-hydrogen) atoms. The Bertz CT molecular complexity index is 1130. The Morgan fingerprint density at radius 2 is 1.94 bits per heavy atom. The minimum absolute atomic E-state index is 0.0605. The van der Waals surface area contributed by atoms with Crippen LogP contribution in [0.2, 0.25) is 0 Å². The minimum atomic E-state index is 0.0605. The van der Waals surface area contributed by atoms with Crippen LogP contribution in [-0.2, 0) is 11.3 Å². The first-order chi connectivity index (χ1) is 15.2. The molecule has 2 aromatic heterocycles. The molecule has 7 heteroatoms. The molecule has 4 aromatic rings. The number of hydrogen-bond donors (Lipinski definition) is 0. The first kappa shape index (κ1) is 21.3. The maximum atomic E-state index is 13.2. The van der Waals surface area contributed by atoms with E-state index in [1.54, 1.807) is 30.0 Å². The molecular weight excluding hydrogens is 426 g/mol. The number of methoxy groups -OCH3 is 1. The zero-order valence-electron chi connectivity index (χ0n) is 17.2. The molecule has 0 atom stereocenters. The highest BCUT2D eigenvalue weighted by Gasteiger charge is 2.20. The zero-order chi connectivity index (χ0) is 21.5. The number of carbonyl (C=O) groups excluding carboxylic acids is 1. The van der Waals surface area contributed by atoms with Crippen LogP contribution >= 0.6 is 23.1 Å². The fourth-order valence-corrected chi connectivity index (χ4v) is 4.96. The fraction of sp³-hybridized carbons (Fsp3) is 0.208. The van der Waals surface area contributed by atoms with Gasteiger partial charge in [-0.3, -0.25) is 14.7 Å². The highest BCUT2D eigenvalue weighted by atomic mass is 32.2. The summed E-state index contributed by atoms with van der Waals surface area (Å²) in [5.74, 6) is 1.71. The van der Waals surface area contributed by atoms with E-state index in [1.165, 1.54) is 16.2 Å². The van der Waals surface area contributed by atoms with Crippen molar-refractivity contribution in [2.75, 3.05) is 17.8 Å². The molecule has 2 aromatic carbocycles. The number of aromatic nitrogens is 2. The van der Waals surface area contributed by atoms with Crippen molar-refractivity contribution in [1.29, 1.82) is 0 Å². The number of fused-ring (bicyclic) bond motifs is 1. The monoisotopic (exact) mass is 449 g/mol. The van der Waals surface area contributed by atoms with Gasteiger partial charge in [-0.2, -0.15) is 0 Å². The molecule has 0 aliphatic heterocycles. The molecule has 0 N–H and O–H groups in total. The number of carbonyl (C=O) groups is 1. The number of nitrogens with zero attached hydrogens (tertiary/aromatic N) is 3. The Hall–Kier alpha value is -2.90. The molecule has 0 bridgehead atoms. The molecule has 5 nitrogen and oxygen atoms in total. The summed E-state index contributed by atoms with van der Waals surface area (Å²) in [4.78, 5) is 25.3. The van der Waals surface area contributed by atoms with Crippen LogP contribution in [0.5, 0.6) is 5.75 Å². The van der Waals surface area contributed by atoms with Crippen LogP contribution in [0.15, 0.2) is 77.8 Å². The normalized spacial score (nSPS) is 10.9. The number of rotatable bonds is 9. The van der Waals surface area contributed by atoms with Crippen LogP contribution in [-0.4, -0.2) is 28.7 Å². The topological polar surface area (TPSA) is 55.3 Å². The van der Waals surface area contributed by atoms with E-state index in [9.17, 15) is 4.79 Å². The molecule has 0 radical (unpaired) electrons. The predicted molar refractivity (Wildman–Crippen MR) is 128 cm³/mol. The fourth-order valence-electron chi connectivity index (χ4n) is 3.12. The van der Waals surface area contributed by atoms with Gasteiger partial charge in [0, 0.05) is 23.6 Å². The van der Waals surface area contributed by atoms with Crippen molar-refractivity contribution in [2.45, 2.75) is 24.3 Å². The summed E-state index contributed by atoms with van der Waals surface area (Å²) in [5.41, 5.74) is 1.67. The van der Waals surface area contributed by atoms with E-state index in [4.69, 9.17) is 9.72 Å². The van der Waals surface area contributed by atoms with Crippen molar-refractivity contribution in [3.8, 4) is 5.75 Å². The summed E-state index contributed by atoms with van der Waals surface area (Å²) in [6.45, 7) is 0.405. The Kier molecular flexibility index (Phi) is 7.17. The summed E-state index contributed by atoms with van der Waals surface area (Å²) in [6.07, 6.45) is 3.01. The Morgan fingerprint density at radius 3 is 2.71 bits per heavy atom. The molecule has 158 valence electrons. The van der Waals surface area contributed by atoms with Gasteiger partial charge < -0.3 is 4.74 Å². The van der Waals surface area contributed by atoms with Crippen molar-refractivity contribution < 1.29 is 9.53 Å². The van der Waals surface area contributed by atoms with Crippen LogP contribution in [0, 0.1) is 0 Å². The van der Waals surface area contributed by atoms with Gasteiger partial charge in [0.1, 0.15) is 5.75 Å². The lowest BCUT2D eigenvalue weighted by molar-refractivity contribution is -0.118. The molecule has 0 saturated carbocycles. The second-order valence-corrected chi connectivity index (χ2v) is 9.07. The second-order valence-electron chi connectivity index (χ2n) is 6.90. The van der Waals surface area contributed by atoms with Gasteiger partial charge in [0.2, 0.25) is 5.91 Å². The molecule has 0 fully saturated rings. The summed E-state index contributed by atoms with van der Waals surface area (Å²) in [7, 11) is 1.64. The predicted octanol–water partition coefficient (Wildman–Crippen LogP) is 5.81. The summed E-state index contributed by atoms with van der Waals surface area (Å²) in [6, 6.07) is 21.8. The number of hydrogen-bond acceptors (Lipinski definition) is 6. The van der Waals surface area contributed by atoms with E-state index in [-0.39, 0.29) is 5.91 Å². The summed E-state index contributed by atoms with van der Waals surface area (Å²) in [5, 5.41) is 0.689. The van der Waals surface area contributed by atoms with Gasteiger partial charge in [0.25, 0.3) is 0 Å². The number of thiazole rings is 1. The third-order valence-electron chi connectivity index (χ3n) is 4.71. The van der Waals surface area contributed by atoms with Gasteiger partial charge in [0.15, 0.2) is 5.13 Å². The largest absolute Gasteiger partial charge is 0.497 e. The highest BCUT2D eigenvalue weighted by molar-refractivity contribution is 7.99. The SMILES string of the molecule is COc1ccc2sc(N(Cc3ccccn3)C(=O)CCCSc3ccccc3)nc2c1. The lowest BCUT2D eigenvalue weighted by atomic mass is 10.2. The van der Waals surface area contributed by atoms with Crippen LogP contribution in [0.3, 0.4) is 0 Å². The maximum Gasteiger partial charge on any atom is 0.229 e. The van der Waals surface area contributed by atoms with Crippen molar-refractivity contribution in [3.63, 3.8) is 0 Å². The third-order valence-corrected chi connectivity index (χ3v) is 6.87. The molecule has 2 heterocycles.